The van der Waals surface area contributed by atoms with Gasteiger partial charge in [-0.1, -0.05) is 37.0 Å². The molecule has 0 saturated carbocycles. The molecule has 0 radical (unpaired) electrons. The molecule has 0 aliphatic rings. The highest BCUT2D eigenvalue weighted by atomic mass is 28.3. The molecule has 0 saturated heterocycles. The summed E-state index contributed by atoms with van der Waals surface area (Å²) in [4.78, 5) is 11.6. The predicted octanol–water partition coefficient (Wildman–Crippen LogP) is 2.56. The van der Waals surface area contributed by atoms with Crippen LogP contribution in [0.25, 0.3) is 0 Å². The molecule has 0 amide bonds. The summed E-state index contributed by atoms with van der Waals surface area (Å²) in [5.74, 6) is 0.350. The molecule has 0 fully saturated rings. The third kappa shape index (κ3) is 4.12. The maximum Gasteiger partial charge on any atom is 0.338 e. The van der Waals surface area contributed by atoms with Crippen LogP contribution >= 0.6 is 0 Å². The summed E-state index contributed by atoms with van der Waals surface area (Å²) in [6, 6.07) is 9.13. The van der Waals surface area contributed by atoms with Crippen LogP contribution in [0.5, 0.6) is 5.75 Å². The number of carbonyl (C=O) groups is 1. The zero-order valence-electron chi connectivity index (χ0n) is 9.36. The molecule has 0 atom stereocenters. The molecular formula is C12H16O2Si. The smallest absolute Gasteiger partial charge is 0.338 e. The molecule has 0 aromatic heterocycles. The fraction of sp³-hybridized carbons (Fsp3) is 0.250. The van der Waals surface area contributed by atoms with Gasteiger partial charge in [0.2, 0.25) is 0 Å². The van der Waals surface area contributed by atoms with Gasteiger partial charge in [0, 0.05) is 5.57 Å². The second kappa shape index (κ2) is 5.51. The highest BCUT2D eigenvalue weighted by Gasteiger charge is 2.07. The third-order valence-electron chi connectivity index (χ3n) is 1.86. The van der Waals surface area contributed by atoms with E-state index < -0.39 is 8.80 Å². The fourth-order valence-electron chi connectivity index (χ4n) is 1.24. The van der Waals surface area contributed by atoms with Crippen LogP contribution in [-0.4, -0.2) is 14.8 Å². The maximum absolute atomic E-state index is 11.6. The van der Waals surface area contributed by atoms with Crippen molar-refractivity contribution in [3.05, 3.63) is 41.6 Å². The minimum Gasteiger partial charge on any atom is -0.423 e. The van der Waals surface area contributed by atoms with E-state index in [0.717, 1.165) is 0 Å². The van der Waals surface area contributed by atoms with E-state index in [4.69, 9.17) is 4.74 Å². The topological polar surface area (TPSA) is 26.3 Å². The second-order valence-electron chi connectivity index (χ2n) is 3.80. The van der Waals surface area contributed by atoms with Gasteiger partial charge < -0.3 is 4.74 Å². The van der Waals surface area contributed by atoms with E-state index in [0.29, 0.717) is 11.3 Å². The van der Waals surface area contributed by atoms with Crippen LogP contribution in [0.2, 0.25) is 13.1 Å². The van der Waals surface area contributed by atoms with E-state index in [1.54, 1.807) is 19.1 Å². The van der Waals surface area contributed by atoms with Gasteiger partial charge in [0.25, 0.3) is 0 Å². The van der Waals surface area contributed by atoms with Crippen LogP contribution in [0, 0.1) is 0 Å². The zero-order valence-corrected chi connectivity index (χ0v) is 10.5. The Morgan fingerprint density at radius 3 is 2.40 bits per heavy atom. The minimum absolute atomic E-state index is 0.248. The summed E-state index contributed by atoms with van der Waals surface area (Å²) < 4.78 is 5.19. The molecule has 0 N–H and O–H groups in total. The number of rotatable bonds is 3. The average molecular weight is 220 g/mol. The van der Waals surface area contributed by atoms with E-state index in [1.807, 2.05) is 23.9 Å². The Balaban J connectivity index is 2.64. The molecule has 0 bridgehead atoms. The predicted molar refractivity (Wildman–Crippen MR) is 64.7 cm³/mol. The highest BCUT2D eigenvalue weighted by Crippen LogP contribution is 2.10. The van der Waals surface area contributed by atoms with Crippen LogP contribution in [0.3, 0.4) is 0 Å². The molecule has 0 unspecified atom stereocenters. The lowest BCUT2D eigenvalue weighted by Crippen LogP contribution is -2.11. The molecule has 0 heterocycles. The van der Waals surface area contributed by atoms with Gasteiger partial charge in [-0.05, 0) is 19.1 Å². The molecule has 0 aliphatic heterocycles. The number of hydrogen-bond donors (Lipinski definition) is 0. The SMILES string of the molecule is CC(=C[SiH](C)C)C(=O)Oc1ccccc1. The van der Waals surface area contributed by atoms with E-state index in [-0.39, 0.29) is 5.97 Å². The summed E-state index contributed by atoms with van der Waals surface area (Å²) in [5.41, 5.74) is 2.74. The lowest BCUT2D eigenvalue weighted by molar-refractivity contribution is -0.130. The van der Waals surface area contributed by atoms with Crippen molar-refractivity contribution in [1.82, 2.24) is 0 Å². The van der Waals surface area contributed by atoms with Crippen molar-refractivity contribution in [3.8, 4) is 5.75 Å². The number of hydrogen-bond acceptors (Lipinski definition) is 2. The number of ether oxygens (including phenoxy) is 1. The number of benzene rings is 1. The first-order chi connectivity index (χ1) is 7.09. The summed E-state index contributed by atoms with van der Waals surface area (Å²) in [5, 5.41) is 0. The van der Waals surface area contributed by atoms with Gasteiger partial charge in [-0.25, -0.2) is 4.79 Å². The van der Waals surface area contributed by atoms with Crippen molar-refractivity contribution in [3.63, 3.8) is 0 Å². The van der Waals surface area contributed by atoms with Crippen molar-refractivity contribution >= 4 is 14.8 Å². The molecule has 1 rings (SSSR count). The maximum atomic E-state index is 11.6. The Morgan fingerprint density at radius 1 is 1.27 bits per heavy atom. The van der Waals surface area contributed by atoms with Gasteiger partial charge in [-0.2, -0.15) is 0 Å². The van der Waals surface area contributed by atoms with Gasteiger partial charge in [-0.3, -0.25) is 0 Å². The quantitative estimate of drug-likeness (QED) is 0.339. The number of esters is 1. The van der Waals surface area contributed by atoms with Gasteiger partial charge in [0.15, 0.2) is 0 Å². The Labute approximate surface area is 92.2 Å². The second-order valence-corrected chi connectivity index (χ2v) is 6.62. The van der Waals surface area contributed by atoms with E-state index in [1.165, 1.54) is 0 Å². The summed E-state index contributed by atoms with van der Waals surface area (Å²) in [7, 11) is -0.855. The van der Waals surface area contributed by atoms with Gasteiger partial charge >= 0.3 is 5.97 Å². The molecule has 2 nitrogen and oxygen atoms in total. The number of carbonyl (C=O) groups excluding carboxylic acids is 1. The van der Waals surface area contributed by atoms with Crippen molar-refractivity contribution < 1.29 is 9.53 Å². The third-order valence-corrected chi connectivity index (χ3v) is 3.03. The molecule has 0 spiro atoms. The average Bonchev–Trinajstić information content (AvgIpc) is 2.18. The Morgan fingerprint density at radius 2 is 1.87 bits per heavy atom. The van der Waals surface area contributed by atoms with Crippen LogP contribution in [0.15, 0.2) is 41.6 Å². The molecule has 80 valence electrons. The fourth-order valence-corrected chi connectivity index (χ4v) is 2.38. The molecule has 15 heavy (non-hydrogen) atoms. The van der Waals surface area contributed by atoms with Crippen LogP contribution in [0.4, 0.5) is 0 Å². The first-order valence-electron chi connectivity index (χ1n) is 5.05. The van der Waals surface area contributed by atoms with Crippen LogP contribution < -0.4 is 4.74 Å². The normalized spacial score (nSPS) is 11.6. The van der Waals surface area contributed by atoms with Crippen LogP contribution in [0.1, 0.15) is 6.92 Å². The van der Waals surface area contributed by atoms with Gasteiger partial charge in [-0.15, -0.1) is 0 Å². The molecular weight excluding hydrogens is 204 g/mol. The molecule has 1 aromatic carbocycles. The lowest BCUT2D eigenvalue weighted by atomic mass is 10.3. The van der Waals surface area contributed by atoms with Gasteiger partial charge in [0.05, 0.1) is 8.80 Å². The molecule has 0 aliphatic carbocycles. The summed E-state index contributed by atoms with van der Waals surface area (Å²) in [6.07, 6.45) is 0. The number of para-hydroxylation sites is 1. The van der Waals surface area contributed by atoms with Gasteiger partial charge in [0.1, 0.15) is 5.75 Å². The highest BCUT2D eigenvalue weighted by molar-refractivity contribution is 6.61. The standard InChI is InChI=1S/C12H16O2Si/c1-10(9-15(2)3)12(13)14-11-7-5-4-6-8-11/h4-9,15H,1-3H3. The Hall–Kier alpha value is -1.35. The Bertz CT molecular complexity index is 355. The lowest BCUT2D eigenvalue weighted by Gasteiger charge is -2.04. The zero-order chi connectivity index (χ0) is 11.3. The minimum atomic E-state index is -0.855. The van der Waals surface area contributed by atoms with Crippen molar-refractivity contribution in [2.75, 3.05) is 0 Å². The van der Waals surface area contributed by atoms with E-state index in [9.17, 15) is 4.79 Å². The largest absolute Gasteiger partial charge is 0.423 e. The van der Waals surface area contributed by atoms with Crippen molar-refractivity contribution in [2.45, 2.75) is 20.0 Å². The van der Waals surface area contributed by atoms with E-state index in [2.05, 4.69) is 13.1 Å². The Kier molecular flexibility index (Phi) is 4.30. The first kappa shape index (κ1) is 11.7. The molecule has 3 heteroatoms. The first-order valence-corrected chi connectivity index (χ1v) is 8.03. The summed E-state index contributed by atoms with van der Waals surface area (Å²) in [6.45, 7) is 6.14. The summed E-state index contributed by atoms with van der Waals surface area (Å²) >= 11 is 0. The monoisotopic (exact) mass is 220 g/mol. The van der Waals surface area contributed by atoms with Crippen molar-refractivity contribution in [1.29, 1.82) is 0 Å². The van der Waals surface area contributed by atoms with E-state index >= 15 is 0 Å². The molecule has 1 aromatic rings. The van der Waals surface area contributed by atoms with Crippen molar-refractivity contribution in [2.24, 2.45) is 0 Å². The van der Waals surface area contributed by atoms with Crippen LogP contribution in [-0.2, 0) is 4.79 Å².